The molecule has 0 fully saturated rings. The van der Waals surface area contributed by atoms with Gasteiger partial charge < -0.3 is 25.3 Å². The monoisotopic (exact) mass is 749 g/mol. The lowest BCUT2D eigenvalue weighted by Gasteiger charge is -2.34. The van der Waals surface area contributed by atoms with Crippen LogP contribution in [-0.2, 0) is 19.1 Å². The number of carboxylic acids is 1. The molecule has 0 aliphatic carbocycles. The molecule has 0 saturated carbocycles. The summed E-state index contributed by atoms with van der Waals surface area (Å²) in [4.78, 5) is 46.6. The minimum atomic E-state index is -4.47. The number of ether oxygens (including phenoxy) is 1. The fourth-order valence-corrected chi connectivity index (χ4v) is 6.15. The van der Waals surface area contributed by atoms with Crippen LogP contribution in [-0.4, -0.2) is 35.3 Å². The minimum Gasteiger partial charge on any atom is -0.544 e. The standard InChI is InChI=1S/C16H15F2I3N2O6/c1-5(24)22-11-8(19)7(9(20)12(10(11)21)23-6(2)25)13(26)29-15(3,4)16(17,18)14(27)28/h1-4H3,(H,22,24)(H,23,25)(H,27,28)/p-1. The molecule has 29 heavy (non-hydrogen) atoms. The molecule has 1 aromatic rings. The van der Waals surface area contributed by atoms with Crippen molar-refractivity contribution in [2.24, 2.45) is 0 Å². The molecule has 0 saturated heterocycles. The van der Waals surface area contributed by atoms with E-state index in [2.05, 4.69) is 10.6 Å². The van der Waals surface area contributed by atoms with Crippen molar-refractivity contribution in [2.45, 2.75) is 39.2 Å². The van der Waals surface area contributed by atoms with E-state index >= 15 is 0 Å². The van der Waals surface area contributed by atoms with Gasteiger partial charge in [-0.3, -0.25) is 9.59 Å². The number of rotatable bonds is 6. The maximum Gasteiger partial charge on any atom is 0.341 e. The molecule has 0 spiro atoms. The van der Waals surface area contributed by atoms with E-state index in [0.717, 1.165) is 13.8 Å². The van der Waals surface area contributed by atoms with Crippen molar-refractivity contribution in [3.63, 3.8) is 0 Å². The van der Waals surface area contributed by atoms with Crippen LogP contribution in [0.3, 0.4) is 0 Å². The number of carboxylic acid groups (broad SMARTS) is 1. The highest BCUT2D eigenvalue weighted by Crippen LogP contribution is 2.40. The van der Waals surface area contributed by atoms with Gasteiger partial charge in [0.2, 0.25) is 11.8 Å². The van der Waals surface area contributed by atoms with Crippen LogP contribution in [0, 0.1) is 10.7 Å². The van der Waals surface area contributed by atoms with Crippen LogP contribution in [0.4, 0.5) is 20.2 Å². The van der Waals surface area contributed by atoms with E-state index in [9.17, 15) is 33.1 Å². The number of carbonyl (C=O) groups excluding carboxylic acids is 4. The van der Waals surface area contributed by atoms with Gasteiger partial charge in [0.1, 0.15) is 5.97 Å². The van der Waals surface area contributed by atoms with Crippen molar-refractivity contribution in [1.82, 2.24) is 0 Å². The van der Waals surface area contributed by atoms with Gasteiger partial charge in [0.05, 0.1) is 27.6 Å². The third-order valence-electron chi connectivity index (χ3n) is 3.48. The number of aliphatic carboxylic acids is 1. The minimum absolute atomic E-state index is 0.165. The maximum absolute atomic E-state index is 13.9. The Morgan fingerprint density at radius 1 is 0.897 bits per heavy atom. The van der Waals surface area contributed by atoms with Gasteiger partial charge >= 0.3 is 11.9 Å². The highest BCUT2D eigenvalue weighted by molar-refractivity contribution is 14.1. The van der Waals surface area contributed by atoms with Crippen molar-refractivity contribution in [2.75, 3.05) is 10.6 Å². The molecule has 0 atom stereocenters. The molecule has 0 bridgehead atoms. The summed E-state index contributed by atoms with van der Waals surface area (Å²) in [6.07, 6.45) is 0. The molecule has 1 aromatic carbocycles. The van der Waals surface area contributed by atoms with Crippen LogP contribution >= 0.6 is 67.8 Å². The van der Waals surface area contributed by atoms with Crippen LogP contribution in [0.5, 0.6) is 0 Å². The zero-order chi connectivity index (χ0) is 22.9. The number of benzene rings is 1. The molecule has 0 aliphatic heterocycles. The predicted octanol–water partition coefficient (Wildman–Crippen LogP) is 2.74. The first kappa shape index (κ1) is 26.2. The van der Waals surface area contributed by atoms with E-state index in [1.54, 1.807) is 45.2 Å². The van der Waals surface area contributed by atoms with Gasteiger partial charge in [0, 0.05) is 13.8 Å². The summed E-state index contributed by atoms with van der Waals surface area (Å²) in [7, 11) is 0. The summed E-state index contributed by atoms with van der Waals surface area (Å²) < 4.78 is 33.4. The highest BCUT2D eigenvalue weighted by Gasteiger charge is 2.52. The third-order valence-corrected chi connectivity index (χ3v) is 6.72. The number of esters is 1. The molecule has 0 unspecified atom stereocenters. The summed E-state index contributed by atoms with van der Waals surface area (Å²) in [5.41, 5.74) is -2.62. The molecule has 13 heteroatoms. The predicted molar refractivity (Wildman–Crippen MR) is 123 cm³/mol. The highest BCUT2D eigenvalue weighted by atomic mass is 127. The lowest BCUT2D eigenvalue weighted by atomic mass is 10.00. The second-order valence-corrected chi connectivity index (χ2v) is 9.43. The van der Waals surface area contributed by atoms with E-state index < -0.39 is 35.3 Å². The van der Waals surface area contributed by atoms with E-state index in [0.29, 0.717) is 3.57 Å². The van der Waals surface area contributed by atoms with E-state index in [1.807, 2.05) is 22.6 Å². The van der Waals surface area contributed by atoms with Gasteiger partial charge in [-0.25, -0.2) is 4.79 Å². The van der Waals surface area contributed by atoms with Crippen molar-refractivity contribution in [3.8, 4) is 0 Å². The fraction of sp³-hybridized carbons (Fsp3) is 0.375. The Morgan fingerprint density at radius 2 is 1.28 bits per heavy atom. The first-order valence-electron chi connectivity index (χ1n) is 7.62. The summed E-state index contributed by atoms with van der Waals surface area (Å²) in [6, 6.07) is 0. The number of anilines is 2. The molecule has 8 nitrogen and oxygen atoms in total. The summed E-state index contributed by atoms with van der Waals surface area (Å²) in [5, 5.41) is 15.8. The third kappa shape index (κ3) is 5.65. The summed E-state index contributed by atoms with van der Waals surface area (Å²) in [6.45, 7) is 3.92. The number of alkyl halides is 2. The zero-order valence-corrected chi connectivity index (χ0v) is 21.8. The molecule has 0 radical (unpaired) electrons. The van der Waals surface area contributed by atoms with Crippen LogP contribution in [0.25, 0.3) is 0 Å². The number of hydrogen-bond acceptors (Lipinski definition) is 6. The Bertz CT molecular complexity index is 862. The molecule has 1 rings (SSSR count). The Morgan fingerprint density at radius 3 is 1.59 bits per heavy atom. The quantitative estimate of drug-likeness (QED) is 0.341. The molecule has 0 aromatic heterocycles. The normalized spacial score (nSPS) is 11.6. The molecule has 2 N–H and O–H groups in total. The number of nitrogens with one attached hydrogen (secondary N) is 2. The van der Waals surface area contributed by atoms with Crippen molar-refractivity contribution in [3.05, 3.63) is 16.3 Å². The van der Waals surface area contributed by atoms with E-state index in [4.69, 9.17) is 4.74 Å². The molecule has 2 amide bonds. The van der Waals surface area contributed by atoms with Gasteiger partial charge in [-0.1, -0.05) is 0 Å². The Balaban J connectivity index is 3.65. The van der Waals surface area contributed by atoms with E-state index in [-0.39, 0.29) is 24.1 Å². The SMILES string of the molecule is CC(=O)Nc1c(I)c(NC(C)=O)c(I)c(C(=O)OC(C)(C)C(F)(F)C(=O)[O-])c1I. The Hall–Kier alpha value is -0.850. The van der Waals surface area contributed by atoms with Crippen LogP contribution < -0.4 is 15.7 Å². The van der Waals surface area contributed by atoms with Gasteiger partial charge in [-0.2, -0.15) is 8.78 Å². The van der Waals surface area contributed by atoms with Crippen molar-refractivity contribution in [1.29, 1.82) is 0 Å². The first-order valence-corrected chi connectivity index (χ1v) is 10.9. The molecule has 0 heterocycles. The average molecular weight is 749 g/mol. The Kier molecular flexibility index (Phi) is 8.60. The molecule has 0 aliphatic rings. The first-order chi connectivity index (χ1) is 13.0. The fourth-order valence-electron chi connectivity index (χ4n) is 2.01. The smallest absolute Gasteiger partial charge is 0.341 e. The molecular weight excluding hydrogens is 735 g/mol. The van der Waals surface area contributed by atoms with Gasteiger partial charge in [-0.05, 0) is 81.6 Å². The van der Waals surface area contributed by atoms with Crippen LogP contribution in [0.1, 0.15) is 38.1 Å². The lowest BCUT2D eigenvalue weighted by Crippen LogP contribution is -2.57. The molecular formula is C16H14F2I3N2O6-. The van der Waals surface area contributed by atoms with Gasteiger partial charge in [0.25, 0.3) is 0 Å². The number of hydrogen-bond donors (Lipinski definition) is 2. The lowest BCUT2D eigenvalue weighted by molar-refractivity contribution is -0.341. The second-order valence-electron chi connectivity index (χ2n) is 6.19. The molecule has 160 valence electrons. The second kappa shape index (κ2) is 9.52. The van der Waals surface area contributed by atoms with Gasteiger partial charge in [-0.15, -0.1) is 0 Å². The van der Waals surface area contributed by atoms with Crippen LogP contribution in [0.2, 0.25) is 0 Å². The summed E-state index contributed by atoms with van der Waals surface area (Å²) >= 11 is 5.30. The van der Waals surface area contributed by atoms with Gasteiger partial charge in [0.15, 0.2) is 5.60 Å². The Labute approximate surface area is 205 Å². The zero-order valence-electron chi connectivity index (χ0n) is 15.3. The maximum atomic E-state index is 13.9. The summed E-state index contributed by atoms with van der Waals surface area (Å²) in [5.74, 6) is -9.37. The van der Waals surface area contributed by atoms with Crippen LogP contribution in [0.15, 0.2) is 0 Å². The number of carbonyl (C=O) groups is 4. The average Bonchev–Trinajstić information content (AvgIpc) is 2.54. The largest absolute Gasteiger partial charge is 0.544 e. The topological polar surface area (TPSA) is 125 Å². The van der Waals surface area contributed by atoms with Crippen molar-refractivity contribution < 1.29 is 37.8 Å². The van der Waals surface area contributed by atoms with Crippen molar-refractivity contribution >= 4 is 103 Å². The van der Waals surface area contributed by atoms with E-state index in [1.165, 1.54) is 13.8 Å². The number of halogens is 5. The number of amides is 2.